The molecule has 18 heavy (non-hydrogen) atoms. The van der Waals surface area contributed by atoms with Gasteiger partial charge >= 0.3 is 0 Å². The molecule has 1 aromatic rings. The van der Waals surface area contributed by atoms with Crippen molar-refractivity contribution in [3.05, 3.63) is 30.1 Å². The molecule has 100 valence electrons. The van der Waals surface area contributed by atoms with Gasteiger partial charge in [-0.1, -0.05) is 25.8 Å². The van der Waals surface area contributed by atoms with Crippen LogP contribution < -0.4 is 5.32 Å². The summed E-state index contributed by atoms with van der Waals surface area (Å²) in [5, 5.41) is 3.44. The first-order chi connectivity index (χ1) is 8.72. The van der Waals surface area contributed by atoms with E-state index in [1.165, 1.54) is 18.4 Å². The van der Waals surface area contributed by atoms with E-state index in [1.54, 1.807) is 0 Å². The molecule has 0 amide bonds. The molecule has 3 unspecified atom stereocenters. The quantitative estimate of drug-likeness (QED) is 0.889. The van der Waals surface area contributed by atoms with Crippen LogP contribution in [0.15, 0.2) is 24.5 Å². The van der Waals surface area contributed by atoms with Crippen molar-refractivity contribution in [3.63, 3.8) is 0 Å². The van der Waals surface area contributed by atoms with E-state index < -0.39 is 0 Å². The fourth-order valence-corrected chi connectivity index (χ4v) is 3.39. The van der Waals surface area contributed by atoms with Crippen LogP contribution in [0, 0.1) is 5.92 Å². The van der Waals surface area contributed by atoms with E-state index in [0.29, 0.717) is 0 Å². The average Bonchev–Trinajstić information content (AvgIpc) is 2.41. The molecular weight excluding hydrogens is 224 g/mol. The summed E-state index contributed by atoms with van der Waals surface area (Å²) in [4.78, 5) is 4.24. The van der Waals surface area contributed by atoms with Gasteiger partial charge in [0.25, 0.3) is 0 Å². The number of likely N-dealkylation sites (N-methyl/N-ethyl adjacent to an activating group) is 1. The first-order valence-electron chi connectivity index (χ1n) is 6.84. The predicted octanol–water partition coefficient (Wildman–Crippen LogP) is 2.94. The number of ether oxygens (including phenoxy) is 1. The van der Waals surface area contributed by atoms with Crippen LogP contribution in [-0.2, 0) is 4.74 Å². The fraction of sp³-hybridized carbons (Fsp3) is 0.667. The second-order valence-corrected chi connectivity index (χ2v) is 5.48. The highest BCUT2D eigenvalue weighted by molar-refractivity contribution is 5.19. The Balaban J connectivity index is 2.29. The number of aromatic nitrogens is 1. The molecule has 3 nitrogen and oxygen atoms in total. The second kappa shape index (κ2) is 5.81. The van der Waals surface area contributed by atoms with Crippen molar-refractivity contribution in [3.8, 4) is 0 Å². The summed E-state index contributed by atoms with van der Waals surface area (Å²) in [6, 6.07) is 4.35. The third-order valence-electron chi connectivity index (χ3n) is 4.23. The molecule has 1 aromatic heterocycles. The molecule has 0 spiro atoms. The number of nitrogens with one attached hydrogen (secondary N) is 1. The molecule has 1 aliphatic rings. The van der Waals surface area contributed by atoms with Gasteiger partial charge in [-0.25, -0.2) is 0 Å². The zero-order chi connectivity index (χ0) is 13.0. The van der Waals surface area contributed by atoms with Crippen molar-refractivity contribution in [1.82, 2.24) is 10.3 Å². The smallest absolute Gasteiger partial charge is 0.0875 e. The van der Waals surface area contributed by atoms with Crippen molar-refractivity contribution in [2.75, 3.05) is 14.2 Å². The highest BCUT2D eigenvalue weighted by atomic mass is 16.5. The van der Waals surface area contributed by atoms with Crippen LogP contribution in [0.1, 0.15) is 44.2 Å². The Bertz CT molecular complexity index is 368. The van der Waals surface area contributed by atoms with Crippen LogP contribution in [0.4, 0.5) is 0 Å². The summed E-state index contributed by atoms with van der Waals surface area (Å²) in [5.41, 5.74) is 1.13. The van der Waals surface area contributed by atoms with Crippen molar-refractivity contribution >= 4 is 0 Å². The Labute approximate surface area is 110 Å². The number of hydrogen-bond acceptors (Lipinski definition) is 3. The van der Waals surface area contributed by atoms with E-state index in [4.69, 9.17) is 4.74 Å². The van der Waals surface area contributed by atoms with Gasteiger partial charge in [-0.05, 0) is 37.4 Å². The third-order valence-corrected chi connectivity index (χ3v) is 4.23. The minimum absolute atomic E-state index is 0.0878. The van der Waals surface area contributed by atoms with E-state index in [2.05, 4.69) is 23.3 Å². The van der Waals surface area contributed by atoms with Gasteiger partial charge in [-0.15, -0.1) is 0 Å². The predicted molar refractivity (Wildman–Crippen MR) is 73.4 cm³/mol. The normalized spacial score (nSPS) is 30.1. The molecule has 1 heterocycles. The van der Waals surface area contributed by atoms with E-state index in [-0.39, 0.29) is 11.6 Å². The maximum atomic E-state index is 5.97. The van der Waals surface area contributed by atoms with E-state index in [1.807, 2.05) is 32.6 Å². The molecule has 0 bridgehead atoms. The van der Waals surface area contributed by atoms with Crippen molar-refractivity contribution in [2.24, 2.45) is 5.92 Å². The largest absolute Gasteiger partial charge is 0.376 e. The van der Waals surface area contributed by atoms with Gasteiger partial charge in [0, 0.05) is 19.5 Å². The number of hydrogen-bond donors (Lipinski definition) is 1. The summed E-state index contributed by atoms with van der Waals surface area (Å²) in [6.45, 7) is 2.32. The van der Waals surface area contributed by atoms with E-state index >= 15 is 0 Å². The van der Waals surface area contributed by atoms with Crippen LogP contribution in [0.3, 0.4) is 0 Å². The lowest BCUT2D eigenvalue weighted by molar-refractivity contribution is -0.0790. The molecular formula is C15H24N2O. The van der Waals surface area contributed by atoms with Crippen LogP contribution in [0.5, 0.6) is 0 Å². The number of rotatable bonds is 4. The summed E-state index contributed by atoms with van der Waals surface area (Å²) >= 11 is 0. The van der Waals surface area contributed by atoms with Gasteiger partial charge in [-0.2, -0.15) is 0 Å². The van der Waals surface area contributed by atoms with Crippen LogP contribution >= 0.6 is 0 Å². The van der Waals surface area contributed by atoms with Crippen molar-refractivity contribution in [1.29, 1.82) is 0 Å². The first-order valence-corrected chi connectivity index (χ1v) is 6.84. The monoisotopic (exact) mass is 248 g/mol. The Morgan fingerprint density at radius 1 is 1.56 bits per heavy atom. The SMILES string of the molecule is CNC(c1cccnc1)C1(OC)CCCC(C)C1. The zero-order valence-electron chi connectivity index (χ0n) is 11.6. The molecule has 1 fully saturated rings. The fourth-order valence-electron chi connectivity index (χ4n) is 3.39. The molecule has 1 saturated carbocycles. The molecule has 1 aliphatic carbocycles. The lowest BCUT2D eigenvalue weighted by atomic mass is 9.73. The number of methoxy groups -OCH3 is 1. The van der Waals surface area contributed by atoms with Gasteiger partial charge in [0.2, 0.25) is 0 Å². The Kier molecular flexibility index (Phi) is 4.36. The van der Waals surface area contributed by atoms with Gasteiger partial charge in [0.15, 0.2) is 0 Å². The summed E-state index contributed by atoms with van der Waals surface area (Å²) in [5.74, 6) is 0.728. The standard InChI is InChI=1S/C15H24N2O/c1-12-6-4-8-15(10-12,18-3)14(16-2)13-7-5-9-17-11-13/h5,7,9,11-12,14,16H,4,6,8,10H2,1-3H3. The molecule has 0 aliphatic heterocycles. The highest BCUT2D eigenvalue weighted by Crippen LogP contribution is 2.42. The number of nitrogens with zero attached hydrogens (tertiary/aromatic N) is 1. The minimum Gasteiger partial charge on any atom is -0.376 e. The maximum Gasteiger partial charge on any atom is 0.0875 e. The summed E-state index contributed by atoms with van der Waals surface area (Å²) < 4.78 is 5.97. The molecule has 0 radical (unpaired) electrons. The molecule has 0 saturated heterocycles. The third kappa shape index (κ3) is 2.57. The Morgan fingerprint density at radius 2 is 2.39 bits per heavy atom. The molecule has 3 atom stereocenters. The van der Waals surface area contributed by atoms with Gasteiger partial charge < -0.3 is 10.1 Å². The van der Waals surface area contributed by atoms with Crippen LogP contribution in [0.2, 0.25) is 0 Å². The molecule has 0 aromatic carbocycles. The Hall–Kier alpha value is -0.930. The highest BCUT2D eigenvalue weighted by Gasteiger charge is 2.42. The Morgan fingerprint density at radius 3 is 2.94 bits per heavy atom. The van der Waals surface area contributed by atoms with Gasteiger partial charge in [0.1, 0.15) is 0 Å². The topological polar surface area (TPSA) is 34.2 Å². The van der Waals surface area contributed by atoms with Crippen molar-refractivity contribution < 1.29 is 4.74 Å². The lowest BCUT2D eigenvalue weighted by Gasteiger charge is -2.44. The first kappa shape index (κ1) is 13.5. The molecule has 2 rings (SSSR count). The summed E-state index contributed by atoms with van der Waals surface area (Å²) in [7, 11) is 3.86. The molecule has 3 heteroatoms. The number of pyridine rings is 1. The second-order valence-electron chi connectivity index (χ2n) is 5.48. The summed E-state index contributed by atoms with van der Waals surface area (Å²) in [6.07, 6.45) is 8.56. The van der Waals surface area contributed by atoms with E-state index in [9.17, 15) is 0 Å². The van der Waals surface area contributed by atoms with Crippen molar-refractivity contribution in [2.45, 2.75) is 44.2 Å². The maximum absolute atomic E-state index is 5.97. The zero-order valence-corrected chi connectivity index (χ0v) is 11.6. The minimum atomic E-state index is -0.0878. The lowest BCUT2D eigenvalue weighted by Crippen LogP contribution is -2.47. The van der Waals surface area contributed by atoms with Crippen LogP contribution in [-0.4, -0.2) is 24.7 Å². The van der Waals surface area contributed by atoms with Gasteiger partial charge in [0.05, 0.1) is 11.6 Å². The average molecular weight is 248 g/mol. The molecule has 1 N–H and O–H groups in total. The van der Waals surface area contributed by atoms with E-state index in [0.717, 1.165) is 18.8 Å². The van der Waals surface area contributed by atoms with Crippen LogP contribution in [0.25, 0.3) is 0 Å². The van der Waals surface area contributed by atoms with Gasteiger partial charge in [-0.3, -0.25) is 4.98 Å².